The third-order valence-corrected chi connectivity index (χ3v) is 3.00. The van der Waals surface area contributed by atoms with Crippen molar-refractivity contribution in [3.63, 3.8) is 0 Å². The maximum atomic E-state index is 8.86. The van der Waals surface area contributed by atoms with Gasteiger partial charge in [-0.2, -0.15) is 0 Å². The number of aliphatic hydroxyl groups excluding tert-OH is 1. The van der Waals surface area contributed by atoms with Crippen molar-refractivity contribution in [1.29, 1.82) is 0 Å². The molecule has 74 valence electrons. The molecule has 1 heterocycles. The van der Waals surface area contributed by atoms with E-state index in [0.717, 1.165) is 10.7 Å². The van der Waals surface area contributed by atoms with E-state index in [1.54, 1.807) is 0 Å². The first-order valence-corrected chi connectivity index (χ1v) is 5.32. The molecular weight excluding hydrogens is 184 g/mol. The van der Waals surface area contributed by atoms with Gasteiger partial charge in [0.05, 0.1) is 12.3 Å². The summed E-state index contributed by atoms with van der Waals surface area (Å²) in [7, 11) is 0. The van der Waals surface area contributed by atoms with E-state index < -0.39 is 0 Å². The first-order chi connectivity index (χ1) is 6.19. The Hall–Kier alpha value is -0.450. The largest absolute Gasteiger partial charge is 0.389 e. The smallest absolute Gasteiger partial charge is 0.118 e. The molecule has 1 aromatic rings. The van der Waals surface area contributed by atoms with Crippen LogP contribution in [0.5, 0.6) is 0 Å². The molecule has 3 nitrogen and oxygen atoms in total. The molecule has 0 bridgehead atoms. The van der Waals surface area contributed by atoms with Crippen LogP contribution < -0.4 is 5.73 Å². The molecule has 0 aliphatic heterocycles. The molecule has 0 radical (unpaired) electrons. The predicted molar refractivity (Wildman–Crippen MR) is 54.7 cm³/mol. The number of aliphatic hydroxyl groups is 1. The van der Waals surface area contributed by atoms with Gasteiger partial charge in [-0.25, -0.2) is 4.98 Å². The third kappa shape index (κ3) is 2.49. The molecule has 3 N–H and O–H groups in total. The van der Waals surface area contributed by atoms with Gasteiger partial charge in [0.15, 0.2) is 0 Å². The number of rotatable bonds is 4. The molecule has 0 aromatic carbocycles. The molecule has 13 heavy (non-hydrogen) atoms. The Morgan fingerprint density at radius 1 is 1.62 bits per heavy atom. The number of nitrogens with zero attached hydrogens (tertiary/aromatic N) is 1. The SMILES string of the molecule is CC(C)C(CN)c1csc(CO)n1. The molecule has 1 unspecified atom stereocenters. The molecule has 0 aliphatic rings. The summed E-state index contributed by atoms with van der Waals surface area (Å²) in [5.41, 5.74) is 6.68. The number of nitrogens with two attached hydrogens (primary N) is 1. The molecule has 1 atom stereocenters. The van der Waals surface area contributed by atoms with Crippen molar-refractivity contribution in [3.05, 3.63) is 16.1 Å². The van der Waals surface area contributed by atoms with Crippen LogP contribution in [0.15, 0.2) is 5.38 Å². The molecule has 0 spiro atoms. The lowest BCUT2D eigenvalue weighted by Crippen LogP contribution is -2.18. The van der Waals surface area contributed by atoms with E-state index in [9.17, 15) is 0 Å². The molecular formula is C9H16N2OS. The summed E-state index contributed by atoms with van der Waals surface area (Å²) in [6, 6.07) is 0. The summed E-state index contributed by atoms with van der Waals surface area (Å²) in [4.78, 5) is 4.31. The summed E-state index contributed by atoms with van der Waals surface area (Å²) in [5.74, 6) is 0.815. The van der Waals surface area contributed by atoms with Gasteiger partial charge in [-0.05, 0) is 5.92 Å². The second-order valence-corrected chi connectivity index (χ2v) is 4.35. The highest BCUT2D eigenvalue weighted by atomic mass is 32.1. The minimum absolute atomic E-state index is 0.0278. The van der Waals surface area contributed by atoms with Crippen molar-refractivity contribution in [3.8, 4) is 0 Å². The fourth-order valence-corrected chi connectivity index (χ4v) is 2.02. The molecule has 1 rings (SSSR count). The Morgan fingerprint density at radius 2 is 2.31 bits per heavy atom. The second-order valence-electron chi connectivity index (χ2n) is 3.41. The number of thiazole rings is 1. The first kappa shape index (κ1) is 10.6. The lowest BCUT2D eigenvalue weighted by atomic mass is 9.93. The number of hydrogen-bond donors (Lipinski definition) is 2. The molecule has 0 saturated heterocycles. The van der Waals surface area contributed by atoms with Crippen LogP contribution in [-0.4, -0.2) is 16.6 Å². The highest BCUT2D eigenvalue weighted by Crippen LogP contribution is 2.24. The third-order valence-electron chi connectivity index (χ3n) is 2.14. The average Bonchev–Trinajstić information content (AvgIpc) is 2.53. The van der Waals surface area contributed by atoms with Crippen LogP contribution in [0.4, 0.5) is 0 Å². The summed E-state index contributed by atoms with van der Waals surface area (Å²) in [6.45, 7) is 4.91. The molecule has 0 fully saturated rings. The summed E-state index contributed by atoms with van der Waals surface area (Å²) in [6.07, 6.45) is 0. The number of aromatic nitrogens is 1. The summed E-state index contributed by atoms with van der Waals surface area (Å²) in [5, 5.41) is 11.6. The van der Waals surface area contributed by atoms with Gasteiger partial charge in [-0.15, -0.1) is 11.3 Å². The zero-order valence-electron chi connectivity index (χ0n) is 8.03. The maximum Gasteiger partial charge on any atom is 0.118 e. The van der Waals surface area contributed by atoms with Crippen molar-refractivity contribution < 1.29 is 5.11 Å². The summed E-state index contributed by atoms with van der Waals surface area (Å²) >= 11 is 1.49. The Balaban J connectivity index is 2.79. The van der Waals surface area contributed by atoms with Gasteiger partial charge < -0.3 is 10.8 Å². The highest BCUT2D eigenvalue weighted by Gasteiger charge is 2.16. The number of hydrogen-bond acceptors (Lipinski definition) is 4. The lowest BCUT2D eigenvalue weighted by Gasteiger charge is -2.15. The lowest BCUT2D eigenvalue weighted by molar-refractivity contribution is 0.280. The van der Waals surface area contributed by atoms with Crippen LogP contribution in [0.1, 0.15) is 30.5 Å². The van der Waals surface area contributed by atoms with Crippen LogP contribution in [0.25, 0.3) is 0 Å². The Kier molecular flexibility index (Phi) is 3.84. The van der Waals surface area contributed by atoms with Crippen LogP contribution in [0.3, 0.4) is 0 Å². The summed E-state index contributed by atoms with van der Waals surface area (Å²) < 4.78 is 0. The average molecular weight is 200 g/mol. The fourth-order valence-electron chi connectivity index (χ4n) is 1.30. The Morgan fingerprint density at radius 3 is 2.69 bits per heavy atom. The van der Waals surface area contributed by atoms with Gasteiger partial charge >= 0.3 is 0 Å². The second kappa shape index (κ2) is 4.69. The van der Waals surface area contributed by atoms with Crippen molar-refractivity contribution in [2.75, 3.05) is 6.54 Å². The van der Waals surface area contributed by atoms with Gasteiger partial charge in [0.25, 0.3) is 0 Å². The van der Waals surface area contributed by atoms with E-state index in [1.165, 1.54) is 11.3 Å². The molecule has 0 aliphatic carbocycles. The fraction of sp³-hybridized carbons (Fsp3) is 0.667. The molecule has 4 heteroatoms. The van der Waals surface area contributed by atoms with E-state index in [4.69, 9.17) is 10.8 Å². The zero-order valence-corrected chi connectivity index (χ0v) is 8.84. The molecule has 0 amide bonds. The predicted octanol–water partition coefficient (Wildman–Crippen LogP) is 1.33. The minimum atomic E-state index is 0.0278. The first-order valence-electron chi connectivity index (χ1n) is 4.44. The topological polar surface area (TPSA) is 59.1 Å². The van der Waals surface area contributed by atoms with Crippen LogP contribution in [0, 0.1) is 5.92 Å². The van der Waals surface area contributed by atoms with E-state index in [2.05, 4.69) is 18.8 Å². The Bertz CT molecular complexity index is 260. The normalized spacial score (nSPS) is 13.6. The monoisotopic (exact) mass is 200 g/mol. The minimum Gasteiger partial charge on any atom is -0.389 e. The molecule has 0 saturated carbocycles. The van der Waals surface area contributed by atoms with Crippen molar-refractivity contribution in [2.24, 2.45) is 11.7 Å². The van der Waals surface area contributed by atoms with Crippen LogP contribution in [0.2, 0.25) is 0 Å². The van der Waals surface area contributed by atoms with E-state index in [-0.39, 0.29) is 6.61 Å². The van der Waals surface area contributed by atoms with Gasteiger partial charge in [0, 0.05) is 17.8 Å². The van der Waals surface area contributed by atoms with Gasteiger partial charge in [-0.1, -0.05) is 13.8 Å². The van der Waals surface area contributed by atoms with Crippen LogP contribution in [-0.2, 0) is 6.61 Å². The van der Waals surface area contributed by atoms with Crippen molar-refractivity contribution in [2.45, 2.75) is 26.4 Å². The van der Waals surface area contributed by atoms with Crippen molar-refractivity contribution in [1.82, 2.24) is 4.98 Å². The standard InChI is InChI=1S/C9H16N2OS/c1-6(2)7(3-10)8-5-13-9(4-12)11-8/h5-7,12H,3-4,10H2,1-2H3. The van der Waals surface area contributed by atoms with E-state index in [0.29, 0.717) is 18.4 Å². The van der Waals surface area contributed by atoms with Gasteiger partial charge in [-0.3, -0.25) is 0 Å². The zero-order chi connectivity index (χ0) is 9.84. The van der Waals surface area contributed by atoms with Crippen molar-refractivity contribution >= 4 is 11.3 Å². The Labute approximate surface area is 82.6 Å². The van der Waals surface area contributed by atoms with Gasteiger partial charge in [0.1, 0.15) is 5.01 Å². The highest BCUT2D eigenvalue weighted by molar-refractivity contribution is 7.09. The van der Waals surface area contributed by atoms with E-state index in [1.807, 2.05) is 5.38 Å². The van der Waals surface area contributed by atoms with Gasteiger partial charge in [0.2, 0.25) is 0 Å². The van der Waals surface area contributed by atoms with Crippen LogP contribution >= 0.6 is 11.3 Å². The molecule has 1 aromatic heterocycles. The maximum absolute atomic E-state index is 8.86. The van der Waals surface area contributed by atoms with E-state index >= 15 is 0 Å². The quantitative estimate of drug-likeness (QED) is 0.771.